The number of aliphatic hydroxyl groups is 1. The third-order valence-electron chi connectivity index (χ3n) is 8.23. The number of hydrogen-bond donors (Lipinski definition) is 3. The third kappa shape index (κ3) is 10.6. The number of rotatable bonds is 14. The Labute approximate surface area is 302 Å². The lowest BCUT2D eigenvalue weighted by atomic mass is 9.89. The highest BCUT2D eigenvalue weighted by Gasteiger charge is 2.26. The molecule has 3 aromatic carbocycles. The first-order valence-electron chi connectivity index (χ1n) is 16.9. The maximum Gasteiger partial charge on any atom is 0.251 e. The highest BCUT2D eigenvalue weighted by molar-refractivity contribution is 5.98. The molecule has 5 rings (SSSR count). The van der Waals surface area contributed by atoms with Gasteiger partial charge in [-0.15, -0.1) is 12.4 Å². The molecule has 0 spiro atoms. The number of para-hydroxylation sites is 1. The van der Waals surface area contributed by atoms with Crippen LogP contribution in [0.1, 0.15) is 54.2 Å². The fourth-order valence-electron chi connectivity index (χ4n) is 5.85. The fourth-order valence-corrected chi connectivity index (χ4v) is 5.85. The van der Waals surface area contributed by atoms with E-state index < -0.39 is 6.04 Å². The van der Waals surface area contributed by atoms with Crippen molar-refractivity contribution in [2.75, 3.05) is 54.6 Å². The number of carbonyl (C=O) groups is 1. The Morgan fingerprint density at radius 1 is 1.04 bits per heavy atom. The molecule has 0 saturated heterocycles. The number of aromatic nitrogens is 1. The Morgan fingerprint density at radius 2 is 1.78 bits per heavy atom. The number of aliphatic hydroxyl groups excluding tert-OH is 1. The summed E-state index contributed by atoms with van der Waals surface area (Å²) < 4.78 is 17.1. The molecule has 1 aliphatic heterocycles. The van der Waals surface area contributed by atoms with Gasteiger partial charge in [0.25, 0.3) is 5.91 Å². The van der Waals surface area contributed by atoms with Crippen LogP contribution in [-0.4, -0.2) is 87.5 Å². The van der Waals surface area contributed by atoms with Crippen LogP contribution >= 0.6 is 12.4 Å². The van der Waals surface area contributed by atoms with E-state index in [2.05, 4.69) is 59.1 Å². The number of nitrogens with one attached hydrogen (secondary N) is 2. The monoisotopic (exact) mass is 705 g/mol. The number of H-pyrrole nitrogens is 1. The van der Waals surface area contributed by atoms with Crippen LogP contribution in [0.2, 0.25) is 0 Å². The lowest BCUT2D eigenvalue weighted by Gasteiger charge is -2.25. The van der Waals surface area contributed by atoms with Crippen molar-refractivity contribution >= 4 is 35.2 Å². The van der Waals surface area contributed by atoms with Gasteiger partial charge in [0.05, 0.1) is 39.4 Å². The largest absolute Gasteiger partial charge is 0.493 e. The van der Waals surface area contributed by atoms with Crippen molar-refractivity contribution < 1.29 is 24.1 Å². The molecule has 3 N–H and O–H groups in total. The van der Waals surface area contributed by atoms with Gasteiger partial charge in [-0.25, -0.2) is 9.98 Å². The van der Waals surface area contributed by atoms with E-state index in [4.69, 9.17) is 14.2 Å². The van der Waals surface area contributed by atoms with Gasteiger partial charge >= 0.3 is 0 Å². The van der Waals surface area contributed by atoms with Crippen molar-refractivity contribution in [2.24, 2.45) is 15.9 Å². The van der Waals surface area contributed by atoms with Gasteiger partial charge < -0.3 is 34.5 Å². The Kier molecular flexibility index (Phi) is 15.8. The number of ether oxygens (including phenoxy) is 3. The minimum atomic E-state index is -0.433. The second-order valence-electron chi connectivity index (χ2n) is 12.8. The summed E-state index contributed by atoms with van der Waals surface area (Å²) in [5.74, 6) is 2.13. The Bertz CT molecular complexity index is 1760. The zero-order valence-corrected chi connectivity index (χ0v) is 31.2. The minimum Gasteiger partial charge on any atom is -0.493 e. The summed E-state index contributed by atoms with van der Waals surface area (Å²) in [6.45, 7) is 9.16. The van der Waals surface area contributed by atoms with Gasteiger partial charge in [-0.3, -0.25) is 4.79 Å². The number of methoxy groups -OCH3 is 2. The standard InChI is InChI=1S/C31H34N2O5.C8H17N3.ClH/c1-18(2)9-19-11-28-26(24-14-30(37-4)29(36-3)12-21(24)17-38-28)13-25(19)31(35)33-22(16-34)10-20-15-32-27-8-6-5-7-23(20)27;1-4-9-8-10-6-5-7-11(2)3;/h5-8,11-15,18,22,32,34H,9-10,16-17H2,1-4H3,(H,33,35);4-7H2,1-3H3;1H/t22-;;/m1../s1. The van der Waals surface area contributed by atoms with E-state index in [1.807, 2.05) is 61.7 Å². The summed E-state index contributed by atoms with van der Waals surface area (Å²) in [7, 11) is 7.34. The number of nitrogens with zero attached hydrogens (tertiary/aromatic N) is 3. The molecule has 0 saturated carbocycles. The number of fused-ring (bicyclic) bond motifs is 4. The number of carbonyl (C=O) groups excluding carboxylic acids is 1. The predicted molar refractivity (Wildman–Crippen MR) is 204 cm³/mol. The number of aliphatic imine (C=N–C) groups is 2. The first kappa shape index (κ1) is 40.1. The van der Waals surface area contributed by atoms with Gasteiger partial charge in [0.2, 0.25) is 0 Å². The van der Waals surface area contributed by atoms with Crippen LogP contribution in [0.3, 0.4) is 0 Å². The molecule has 10 nitrogen and oxygen atoms in total. The van der Waals surface area contributed by atoms with Crippen molar-refractivity contribution in [1.29, 1.82) is 0 Å². The van der Waals surface area contributed by atoms with Crippen LogP contribution in [0.5, 0.6) is 17.2 Å². The van der Waals surface area contributed by atoms with E-state index in [9.17, 15) is 9.90 Å². The Hall–Kier alpha value is -4.34. The van der Waals surface area contributed by atoms with Crippen LogP contribution in [0, 0.1) is 5.92 Å². The predicted octanol–water partition coefficient (Wildman–Crippen LogP) is 6.83. The van der Waals surface area contributed by atoms with E-state index >= 15 is 0 Å². The number of benzene rings is 3. The van der Waals surface area contributed by atoms with E-state index in [0.29, 0.717) is 36.0 Å². The average molecular weight is 706 g/mol. The van der Waals surface area contributed by atoms with Gasteiger partial charge in [0.1, 0.15) is 12.4 Å². The maximum absolute atomic E-state index is 13.7. The number of amides is 1. The van der Waals surface area contributed by atoms with E-state index in [1.54, 1.807) is 14.2 Å². The SMILES string of the molecule is CCN=C=NCCCN(C)C.COc1cc2c(cc1OC)-c1cc(C(=O)N[C@@H](CO)Cc3c[nH]c4ccccc34)c(CC(C)C)cc1OC2.Cl. The second-order valence-corrected chi connectivity index (χ2v) is 12.8. The van der Waals surface area contributed by atoms with E-state index in [1.165, 1.54) is 0 Å². The molecule has 2 heterocycles. The fraction of sp³-hybridized carbons (Fsp3) is 0.436. The van der Waals surface area contributed by atoms with Gasteiger partial charge in [0.15, 0.2) is 11.5 Å². The first-order chi connectivity index (χ1) is 23.7. The number of aromatic amines is 1. The van der Waals surface area contributed by atoms with E-state index in [-0.39, 0.29) is 24.9 Å². The quantitative estimate of drug-likeness (QED) is 0.0978. The number of hydrogen-bond acceptors (Lipinski definition) is 8. The zero-order chi connectivity index (χ0) is 35.3. The van der Waals surface area contributed by atoms with Crippen LogP contribution in [-0.2, 0) is 19.4 Å². The van der Waals surface area contributed by atoms with Crippen molar-refractivity contribution in [3.63, 3.8) is 0 Å². The average Bonchev–Trinajstić information content (AvgIpc) is 3.50. The first-order valence-corrected chi connectivity index (χ1v) is 16.9. The van der Waals surface area contributed by atoms with Crippen molar-refractivity contribution in [3.8, 4) is 28.4 Å². The minimum absolute atomic E-state index is 0. The highest BCUT2D eigenvalue weighted by Crippen LogP contribution is 2.44. The zero-order valence-electron chi connectivity index (χ0n) is 30.3. The molecule has 1 atom stereocenters. The summed E-state index contributed by atoms with van der Waals surface area (Å²) in [6, 6.07) is 18.0. The van der Waals surface area contributed by atoms with Crippen LogP contribution in [0.25, 0.3) is 22.0 Å². The normalized spacial score (nSPS) is 12.0. The lowest BCUT2D eigenvalue weighted by Crippen LogP contribution is -2.39. The summed E-state index contributed by atoms with van der Waals surface area (Å²) in [4.78, 5) is 27.0. The third-order valence-corrected chi connectivity index (χ3v) is 8.23. The molecule has 1 aliphatic rings. The molecular weight excluding hydrogens is 654 g/mol. The molecule has 11 heteroatoms. The molecule has 50 heavy (non-hydrogen) atoms. The summed E-state index contributed by atoms with van der Waals surface area (Å²) in [5.41, 5.74) is 6.34. The maximum atomic E-state index is 13.7. The molecule has 270 valence electrons. The molecule has 1 aromatic heterocycles. The van der Waals surface area contributed by atoms with Crippen LogP contribution < -0.4 is 19.5 Å². The Morgan fingerprint density at radius 3 is 2.46 bits per heavy atom. The molecule has 0 bridgehead atoms. The van der Waals surface area contributed by atoms with Crippen molar-refractivity contribution in [2.45, 2.75) is 52.7 Å². The van der Waals surface area contributed by atoms with Crippen molar-refractivity contribution in [3.05, 3.63) is 77.0 Å². The molecule has 4 aromatic rings. The number of halogens is 1. The van der Waals surface area contributed by atoms with E-state index in [0.717, 1.165) is 76.9 Å². The molecule has 1 amide bonds. The summed E-state index contributed by atoms with van der Waals surface area (Å²) in [6.07, 6.45) is 4.27. The Balaban J connectivity index is 0.000000488. The topological polar surface area (TPSA) is 121 Å². The van der Waals surface area contributed by atoms with Crippen molar-refractivity contribution in [1.82, 2.24) is 15.2 Å². The lowest BCUT2D eigenvalue weighted by molar-refractivity contribution is 0.0915. The molecule has 0 aliphatic carbocycles. The molecule has 0 radical (unpaired) electrons. The van der Waals surface area contributed by atoms with Gasteiger partial charge in [0, 0.05) is 40.3 Å². The summed E-state index contributed by atoms with van der Waals surface area (Å²) in [5, 5.41) is 14.3. The van der Waals surface area contributed by atoms with Gasteiger partial charge in [-0.2, -0.15) is 0 Å². The van der Waals surface area contributed by atoms with Gasteiger partial charge in [-0.1, -0.05) is 32.0 Å². The van der Waals surface area contributed by atoms with Gasteiger partial charge in [-0.05, 0) is 99.8 Å². The summed E-state index contributed by atoms with van der Waals surface area (Å²) >= 11 is 0. The molecular formula is C39H52ClN5O5. The van der Waals surface area contributed by atoms with Crippen LogP contribution in [0.15, 0.2) is 64.7 Å². The smallest absolute Gasteiger partial charge is 0.251 e. The molecule has 0 unspecified atom stereocenters. The van der Waals surface area contributed by atoms with Crippen LogP contribution in [0.4, 0.5) is 0 Å². The second kappa shape index (κ2) is 19.7. The molecule has 0 fully saturated rings. The highest BCUT2D eigenvalue weighted by atomic mass is 35.5.